The number of aliphatic hydroxyl groups excluding tert-OH is 1. The molecule has 2 nitrogen and oxygen atoms in total. The van der Waals surface area contributed by atoms with Crippen molar-refractivity contribution < 1.29 is 9.84 Å². The van der Waals surface area contributed by atoms with Crippen LogP contribution in [0.2, 0.25) is 0 Å². The van der Waals surface area contributed by atoms with Gasteiger partial charge in [0, 0.05) is 5.75 Å². The van der Waals surface area contributed by atoms with E-state index in [2.05, 4.69) is 0 Å². The summed E-state index contributed by atoms with van der Waals surface area (Å²) in [6.45, 7) is 0. The molecule has 0 saturated heterocycles. The summed E-state index contributed by atoms with van der Waals surface area (Å²) in [6, 6.07) is 7.77. The second-order valence-corrected chi connectivity index (χ2v) is 4.77. The SMILES string of the molecule is CSCC(O)c1ccc(OC2CC2)cc1. The summed E-state index contributed by atoms with van der Waals surface area (Å²) in [5.41, 5.74) is 0.965. The Hall–Kier alpha value is -0.670. The average Bonchev–Trinajstić information content (AvgIpc) is 3.03. The highest BCUT2D eigenvalue weighted by atomic mass is 32.2. The number of thioether (sulfide) groups is 1. The van der Waals surface area contributed by atoms with E-state index in [1.165, 1.54) is 12.8 Å². The standard InChI is InChI=1S/C12H16O2S/c1-15-8-12(13)9-2-4-10(5-3-9)14-11-6-7-11/h2-5,11-13H,6-8H2,1H3. The summed E-state index contributed by atoms with van der Waals surface area (Å²) in [6.07, 6.45) is 4.42. The molecule has 3 heteroatoms. The molecule has 1 aliphatic rings. The van der Waals surface area contributed by atoms with Gasteiger partial charge in [-0.05, 0) is 36.8 Å². The molecule has 1 aromatic carbocycles. The van der Waals surface area contributed by atoms with Gasteiger partial charge < -0.3 is 9.84 Å². The lowest BCUT2D eigenvalue weighted by atomic mass is 10.1. The van der Waals surface area contributed by atoms with Crippen LogP contribution in [0.3, 0.4) is 0 Å². The van der Waals surface area contributed by atoms with E-state index in [1.807, 2.05) is 30.5 Å². The topological polar surface area (TPSA) is 29.5 Å². The van der Waals surface area contributed by atoms with E-state index < -0.39 is 0 Å². The number of benzene rings is 1. The molecule has 1 saturated carbocycles. The van der Waals surface area contributed by atoms with E-state index >= 15 is 0 Å². The zero-order valence-electron chi connectivity index (χ0n) is 8.85. The van der Waals surface area contributed by atoms with Gasteiger partial charge in [0.05, 0.1) is 12.2 Å². The number of rotatable bonds is 5. The normalized spacial score (nSPS) is 17.5. The molecule has 0 heterocycles. The minimum atomic E-state index is -0.366. The van der Waals surface area contributed by atoms with Crippen LogP contribution in [-0.2, 0) is 0 Å². The van der Waals surface area contributed by atoms with Gasteiger partial charge in [0.25, 0.3) is 0 Å². The largest absolute Gasteiger partial charge is 0.490 e. The van der Waals surface area contributed by atoms with Crippen LogP contribution in [0.15, 0.2) is 24.3 Å². The molecule has 1 aromatic rings. The Bertz CT molecular complexity index is 306. The summed E-state index contributed by atoms with van der Waals surface area (Å²) >= 11 is 1.65. The molecule has 1 aliphatic carbocycles. The fraction of sp³-hybridized carbons (Fsp3) is 0.500. The maximum Gasteiger partial charge on any atom is 0.119 e. The van der Waals surface area contributed by atoms with Gasteiger partial charge in [-0.15, -0.1) is 0 Å². The number of hydrogen-bond acceptors (Lipinski definition) is 3. The monoisotopic (exact) mass is 224 g/mol. The first-order chi connectivity index (χ1) is 7.29. The third-order valence-electron chi connectivity index (χ3n) is 2.42. The fourth-order valence-electron chi connectivity index (χ4n) is 1.40. The minimum Gasteiger partial charge on any atom is -0.490 e. The van der Waals surface area contributed by atoms with Gasteiger partial charge in [0.2, 0.25) is 0 Å². The smallest absolute Gasteiger partial charge is 0.119 e. The summed E-state index contributed by atoms with van der Waals surface area (Å²) in [5, 5.41) is 9.74. The fourth-order valence-corrected chi connectivity index (χ4v) is 1.91. The predicted molar refractivity (Wildman–Crippen MR) is 63.4 cm³/mol. The molecule has 0 amide bonds. The molecule has 1 unspecified atom stereocenters. The van der Waals surface area contributed by atoms with Gasteiger partial charge in [-0.3, -0.25) is 0 Å². The lowest BCUT2D eigenvalue weighted by Gasteiger charge is -2.10. The molecule has 0 bridgehead atoms. The van der Waals surface area contributed by atoms with Gasteiger partial charge in [-0.1, -0.05) is 12.1 Å². The molecule has 0 aliphatic heterocycles. The lowest BCUT2D eigenvalue weighted by molar-refractivity contribution is 0.204. The number of ether oxygens (including phenoxy) is 1. The van der Waals surface area contributed by atoms with Gasteiger partial charge in [0.15, 0.2) is 0 Å². The van der Waals surface area contributed by atoms with Crippen molar-refractivity contribution in [1.29, 1.82) is 0 Å². The molecule has 1 atom stereocenters. The molecule has 1 N–H and O–H groups in total. The second kappa shape index (κ2) is 4.90. The Labute approximate surface area is 94.6 Å². The van der Waals surface area contributed by atoms with Crippen LogP contribution in [0, 0.1) is 0 Å². The van der Waals surface area contributed by atoms with E-state index in [1.54, 1.807) is 11.8 Å². The second-order valence-electron chi connectivity index (χ2n) is 3.86. The molecular weight excluding hydrogens is 208 g/mol. The molecule has 0 aromatic heterocycles. The van der Waals surface area contributed by atoms with Gasteiger partial charge >= 0.3 is 0 Å². The average molecular weight is 224 g/mol. The van der Waals surface area contributed by atoms with E-state index in [4.69, 9.17) is 4.74 Å². The van der Waals surface area contributed by atoms with Crippen molar-refractivity contribution >= 4 is 11.8 Å². The first-order valence-corrected chi connectivity index (χ1v) is 6.62. The zero-order valence-corrected chi connectivity index (χ0v) is 9.67. The van der Waals surface area contributed by atoms with Crippen molar-refractivity contribution in [3.8, 4) is 5.75 Å². The summed E-state index contributed by atoms with van der Waals surface area (Å²) < 4.78 is 5.63. The van der Waals surface area contributed by atoms with Gasteiger partial charge in [-0.25, -0.2) is 0 Å². The number of aliphatic hydroxyl groups is 1. The first kappa shape index (κ1) is 10.8. The highest BCUT2D eigenvalue weighted by Gasteiger charge is 2.23. The van der Waals surface area contributed by atoms with E-state index in [9.17, 15) is 5.11 Å². The van der Waals surface area contributed by atoms with Crippen LogP contribution in [0.5, 0.6) is 5.75 Å². The van der Waals surface area contributed by atoms with E-state index in [0.717, 1.165) is 17.1 Å². The molecule has 0 spiro atoms. The van der Waals surface area contributed by atoms with Crippen molar-refractivity contribution in [3.05, 3.63) is 29.8 Å². The predicted octanol–water partition coefficient (Wildman–Crippen LogP) is 2.62. The van der Waals surface area contributed by atoms with Crippen LogP contribution in [0.4, 0.5) is 0 Å². The van der Waals surface area contributed by atoms with Crippen molar-refractivity contribution in [2.45, 2.75) is 25.0 Å². The van der Waals surface area contributed by atoms with E-state index in [0.29, 0.717) is 6.10 Å². The Balaban J connectivity index is 1.95. The van der Waals surface area contributed by atoms with Crippen LogP contribution < -0.4 is 4.74 Å². The molecular formula is C12H16O2S. The zero-order chi connectivity index (χ0) is 10.7. The molecule has 82 valence electrons. The maximum atomic E-state index is 9.74. The lowest BCUT2D eigenvalue weighted by Crippen LogP contribution is -2.01. The van der Waals surface area contributed by atoms with Crippen molar-refractivity contribution in [2.75, 3.05) is 12.0 Å². The Morgan fingerprint density at radius 2 is 2.07 bits per heavy atom. The highest BCUT2D eigenvalue weighted by Crippen LogP contribution is 2.27. The highest BCUT2D eigenvalue weighted by molar-refractivity contribution is 7.98. The van der Waals surface area contributed by atoms with Crippen LogP contribution in [0.1, 0.15) is 24.5 Å². The van der Waals surface area contributed by atoms with Crippen molar-refractivity contribution in [2.24, 2.45) is 0 Å². The summed E-state index contributed by atoms with van der Waals surface area (Å²) in [7, 11) is 0. The van der Waals surface area contributed by atoms with Crippen LogP contribution in [-0.4, -0.2) is 23.2 Å². The summed E-state index contributed by atoms with van der Waals surface area (Å²) in [4.78, 5) is 0. The van der Waals surface area contributed by atoms with Crippen molar-refractivity contribution in [1.82, 2.24) is 0 Å². The van der Waals surface area contributed by atoms with Gasteiger partial charge in [0.1, 0.15) is 5.75 Å². The van der Waals surface area contributed by atoms with E-state index in [-0.39, 0.29) is 6.10 Å². The Morgan fingerprint density at radius 1 is 1.40 bits per heavy atom. The Morgan fingerprint density at radius 3 is 2.60 bits per heavy atom. The molecule has 15 heavy (non-hydrogen) atoms. The van der Waals surface area contributed by atoms with Crippen LogP contribution >= 0.6 is 11.8 Å². The minimum absolute atomic E-state index is 0.366. The summed E-state index contributed by atoms with van der Waals surface area (Å²) in [5.74, 6) is 1.65. The van der Waals surface area contributed by atoms with Crippen LogP contribution in [0.25, 0.3) is 0 Å². The maximum absolute atomic E-state index is 9.74. The third-order valence-corrected chi connectivity index (χ3v) is 3.07. The third kappa shape index (κ3) is 3.14. The van der Waals surface area contributed by atoms with Gasteiger partial charge in [-0.2, -0.15) is 11.8 Å². The Kier molecular flexibility index (Phi) is 3.54. The first-order valence-electron chi connectivity index (χ1n) is 5.23. The van der Waals surface area contributed by atoms with Crippen molar-refractivity contribution in [3.63, 3.8) is 0 Å². The quantitative estimate of drug-likeness (QED) is 0.833. The number of hydrogen-bond donors (Lipinski definition) is 1. The molecule has 1 fully saturated rings. The molecule has 2 rings (SSSR count). The molecule has 0 radical (unpaired) electrons.